The number of nitrogens with one attached hydrogen (secondary N) is 1. The van der Waals surface area contributed by atoms with Crippen molar-refractivity contribution in [1.82, 2.24) is 5.32 Å². The molecule has 2 heteroatoms. The molecule has 3 atom stereocenters. The molecule has 13 heavy (non-hydrogen) atoms. The third-order valence-electron chi connectivity index (χ3n) is 3.46. The highest BCUT2D eigenvalue weighted by atomic mass is 16.3. The van der Waals surface area contributed by atoms with Gasteiger partial charge in [-0.05, 0) is 43.2 Å². The van der Waals surface area contributed by atoms with Crippen molar-refractivity contribution in [2.75, 3.05) is 0 Å². The summed E-state index contributed by atoms with van der Waals surface area (Å²) in [6.07, 6.45) is 6.03. The Balaban J connectivity index is 1.53. The lowest BCUT2D eigenvalue weighted by atomic mass is 10.2. The number of rotatable bonds is 3. The highest BCUT2D eigenvalue weighted by Crippen LogP contribution is 2.51. The molecule has 3 unspecified atom stereocenters. The predicted molar refractivity (Wildman–Crippen MR) is 50.2 cm³/mol. The van der Waals surface area contributed by atoms with E-state index >= 15 is 0 Å². The van der Waals surface area contributed by atoms with Crippen LogP contribution in [0.25, 0.3) is 0 Å². The number of hydrogen-bond donors (Lipinski definition) is 1. The van der Waals surface area contributed by atoms with E-state index in [1.807, 2.05) is 12.1 Å². The van der Waals surface area contributed by atoms with E-state index in [4.69, 9.17) is 4.42 Å². The van der Waals surface area contributed by atoms with E-state index in [2.05, 4.69) is 5.32 Å². The first-order valence-corrected chi connectivity index (χ1v) is 5.19. The molecule has 1 aromatic heterocycles. The number of fused-ring (bicyclic) bond motifs is 1. The van der Waals surface area contributed by atoms with Gasteiger partial charge in [0.2, 0.25) is 0 Å². The van der Waals surface area contributed by atoms with Crippen LogP contribution in [0.1, 0.15) is 25.0 Å². The van der Waals surface area contributed by atoms with Gasteiger partial charge >= 0.3 is 0 Å². The molecule has 70 valence electrons. The molecule has 0 aromatic carbocycles. The zero-order chi connectivity index (χ0) is 8.67. The van der Waals surface area contributed by atoms with Gasteiger partial charge < -0.3 is 9.73 Å². The second-order valence-corrected chi connectivity index (χ2v) is 4.30. The lowest BCUT2D eigenvalue weighted by molar-refractivity contribution is 0.424. The largest absolute Gasteiger partial charge is 0.468 e. The van der Waals surface area contributed by atoms with E-state index in [0.29, 0.717) is 0 Å². The standard InChI is InChI=1S/C11H15NO/c1-2-9(13-5-1)7-12-11-4-3-8-6-10(8)11/h1-2,5,8,10-12H,3-4,6-7H2. The molecule has 0 radical (unpaired) electrons. The Kier molecular flexibility index (Phi) is 1.69. The quantitative estimate of drug-likeness (QED) is 0.765. The van der Waals surface area contributed by atoms with Crippen molar-refractivity contribution in [2.45, 2.75) is 31.8 Å². The molecule has 0 saturated heterocycles. The Morgan fingerprint density at radius 3 is 3.08 bits per heavy atom. The Labute approximate surface area is 78.3 Å². The fraction of sp³-hybridized carbons (Fsp3) is 0.636. The molecular weight excluding hydrogens is 162 g/mol. The molecule has 1 aromatic rings. The zero-order valence-electron chi connectivity index (χ0n) is 7.70. The summed E-state index contributed by atoms with van der Waals surface area (Å²) in [7, 11) is 0. The van der Waals surface area contributed by atoms with Crippen molar-refractivity contribution in [3.8, 4) is 0 Å². The SMILES string of the molecule is c1coc(CNC2CCC3CC32)c1. The van der Waals surface area contributed by atoms with Crippen LogP contribution in [0.4, 0.5) is 0 Å². The Hall–Kier alpha value is -0.760. The summed E-state index contributed by atoms with van der Waals surface area (Å²) in [6.45, 7) is 0.904. The van der Waals surface area contributed by atoms with Crippen LogP contribution < -0.4 is 5.32 Å². The Morgan fingerprint density at radius 1 is 1.46 bits per heavy atom. The molecule has 0 amide bonds. The average molecular weight is 177 g/mol. The Morgan fingerprint density at radius 2 is 2.46 bits per heavy atom. The molecule has 3 rings (SSSR count). The molecule has 2 aliphatic rings. The van der Waals surface area contributed by atoms with E-state index in [9.17, 15) is 0 Å². The van der Waals surface area contributed by atoms with Crippen LogP contribution in [0.5, 0.6) is 0 Å². The molecule has 0 aliphatic heterocycles. The maximum atomic E-state index is 5.28. The minimum atomic E-state index is 0.773. The first-order valence-electron chi connectivity index (χ1n) is 5.19. The van der Waals surface area contributed by atoms with Gasteiger partial charge in [-0.25, -0.2) is 0 Å². The molecule has 2 nitrogen and oxygen atoms in total. The van der Waals surface area contributed by atoms with Gasteiger partial charge in [0.15, 0.2) is 0 Å². The van der Waals surface area contributed by atoms with Crippen molar-refractivity contribution < 1.29 is 4.42 Å². The topological polar surface area (TPSA) is 25.2 Å². The monoisotopic (exact) mass is 177 g/mol. The van der Waals surface area contributed by atoms with Gasteiger partial charge in [-0.1, -0.05) is 0 Å². The van der Waals surface area contributed by atoms with Gasteiger partial charge in [-0.3, -0.25) is 0 Å². The normalized spacial score (nSPS) is 36.2. The summed E-state index contributed by atoms with van der Waals surface area (Å²) >= 11 is 0. The molecule has 0 bridgehead atoms. The number of furan rings is 1. The second kappa shape index (κ2) is 2.88. The summed E-state index contributed by atoms with van der Waals surface area (Å²) in [4.78, 5) is 0. The van der Waals surface area contributed by atoms with Crippen LogP contribution in [0.2, 0.25) is 0 Å². The van der Waals surface area contributed by atoms with Crippen molar-refractivity contribution in [2.24, 2.45) is 11.8 Å². The summed E-state index contributed by atoms with van der Waals surface area (Å²) in [6, 6.07) is 4.76. The van der Waals surface area contributed by atoms with Crippen LogP contribution in [-0.4, -0.2) is 6.04 Å². The molecular formula is C11H15NO. The van der Waals surface area contributed by atoms with Crippen LogP contribution in [0.3, 0.4) is 0 Å². The smallest absolute Gasteiger partial charge is 0.117 e. The third-order valence-corrected chi connectivity index (χ3v) is 3.46. The average Bonchev–Trinajstić information content (AvgIpc) is 2.64. The van der Waals surface area contributed by atoms with E-state index in [1.165, 1.54) is 19.3 Å². The van der Waals surface area contributed by atoms with Gasteiger partial charge in [0.25, 0.3) is 0 Å². The fourth-order valence-corrected chi connectivity index (χ4v) is 2.60. The highest BCUT2D eigenvalue weighted by Gasteiger charge is 2.47. The van der Waals surface area contributed by atoms with E-state index in [1.54, 1.807) is 6.26 Å². The lowest BCUT2D eigenvalue weighted by Crippen LogP contribution is -2.28. The molecule has 0 spiro atoms. The molecule has 1 N–H and O–H groups in total. The first kappa shape index (κ1) is 7.63. The lowest BCUT2D eigenvalue weighted by Gasteiger charge is -2.12. The van der Waals surface area contributed by atoms with Crippen LogP contribution in [-0.2, 0) is 6.54 Å². The van der Waals surface area contributed by atoms with Crippen molar-refractivity contribution >= 4 is 0 Å². The summed E-state index contributed by atoms with van der Waals surface area (Å²) in [5, 5.41) is 3.58. The highest BCUT2D eigenvalue weighted by molar-refractivity contribution is 5.03. The van der Waals surface area contributed by atoms with Crippen molar-refractivity contribution in [3.63, 3.8) is 0 Å². The van der Waals surface area contributed by atoms with Gasteiger partial charge in [-0.15, -0.1) is 0 Å². The van der Waals surface area contributed by atoms with Gasteiger partial charge in [-0.2, -0.15) is 0 Å². The first-order chi connectivity index (χ1) is 6.43. The summed E-state index contributed by atoms with van der Waals surface area (Å²) < 4.78 is 5.28. The van der Waals surface area contributed by atoms with E-state index in [0.717, 1.165) is 30.2 Å². The van der Waals surface area contributed by atoms with Crippen molar-refractivity contribution in [1.29, 1.82) is 0 Å². The van der Waals surface area contributed by atoms with Gasteiger partial charge in [0.05, 0.1) is 12.8 Å². The second-order valence-electron chi connectivity index (χ2n) is 4.30. The van der Waals surface area contributed by atoms with Crippen molar-refractivity contribution in [3.05, 3.63) is 24.2 Å². The third kappa shape index (κ3) is 1.39. The van der Waals surface area contributed by atoms with Gasteiger partial charge in [0, 0.05) is 6.04 Å². The van der Waals surface area contributed by atoms with Gasteiger partial charge in [0.1, 0.15) is 5.76 Å². The summed E-state index contributed by atoms with van der Waals surface area (Å²) in [5.41, 5.74) is 0. The molecule has 1 heterocycles. The maximum Gasteiger partial charge on any atom is 0.117 e. The molecule has 2 saturated carbocycles. The minimum absolute atomic E-state index is 0.773. The minimum Gasteiger partial charge on any atom is -0.468 e. The number of hydrogen-bond acceptors (Lipinski definition) is 2. The maximum absolute atomic E-state index is 5.28. The Bertz CT molecular complexity index is 280. The fourth-order valence-electron chi connectivity index (χ4n) is 2.60. The molecule has 2 aliphatic carbocycles. The molecule has 2 fully saturated rings. The van der Waals surface area contributed by atoms with E-state index in [-0.39, 0.29) is 0 Å². The van der Waals surface area contributed by atoms with E-state index < -0.39 is 0 Å². The predicted octanol–water partition coefficient (Wildman–Crippen LogP) is 2.17. The zero-order valence-corrected chi connectivity index (χ0v) is 7.70. The summed E-state index contributed by atoms with van der Waals surface area (Å²) in [5.74, 6) is 3.12. The van der Waals surface area contributed by atoms with Crippen LogP contribution >= 0.6 is 0 Å². The van der Waals surface area contributed by atoms with Crippen LogP contribution in [0, 0.1) is 11.8 Å². The van der Waals surface area contributed by atoms with Crippen LogP contribution in [0.15, 0.2) is 22.8 Å².